The predicted octanol–water partition coefficient (Wildman–Crippen LogP) is 0.0729. The van der Waals surface area contributed by atoms with Gasteiger partial charge in [-0.05, 0) is 26.4 Å². The topological polar surface area (TPSA) is 23.5 Å². The van der Waals surface area contributed by atoms with Gasteiger partial charge in [0.05, 0.1) is 6.61 Å². The van der Waals surface area contributed by atoms with E-state index >= 15 is 0 Å². The van der Waals surface area contributed by atoms with Crippen molar-refractivity contribution in [2.45, 2.75) is 18.9 Å². The zero-order valence-electron chi connectivity index (χ0n) is 5.80. The maximum atomic E-state index is 8.96. The second-order valence-electron chi connectivity index (χ2n) is 3.47. The molecule has 0 bridgehead atoms. The van der Waals surface area contributed by atoms with Gasteiger partial charge in [0.25, 0.3) is 0 Å². The first-order chi connectivity index (χ1) is 4.28. The van der Waals surface area contributed by atoms with Gasteiger partial charge in [-0.15, -0.1) is 0 Å². The average molecular weight is 127 g/mol. The van der Waals surface area contributed by atoms with Crippen LogP contribution >= 0.6 is 0 Å². The van der Waals surface area contributed by atoms with Gasteiger partial charge >= 0.3 is 0 Å². The Bertz CT molecular complexity index is 137. The molecule has 1 aliphatic heterocycles. The summed E-state index contributed by atoms with van der Waals surface area (Å²) in [5.74, 6) is 0. The molecule has 2 fully saturated rings. The molecule has 0 amide bonds. The fourth-order valence-electron chi connectivity index (χ4n) is 2.02. The van der Waals surface area contributed by atoms with Gasteiger partial charge in [-0.2, -0.15) is 0 Å². The van der Waals surface area contributed by atoms with Crippen LogP contribution in [0.5, 0.6) is 0 Å². The summed E-state index contributed by atoms with van der Waals surface area (Å²) in [6, 6.07) is 0.725. The Kier molecular flexibility index (Phi) is 0.945. The van der Waals surface area contributed by atoms with Gasteiger partial charge in [0.2, 0.25) is 0 Å². The highest BCUT2D eigenvalue weighted by Gasteiger charge is 2.59. The summed E-state index contributed by atoms with van der Waals surface area (Å²) in [5, 5.41) is 8.96. The van der Waals surface area contributed by atoms with Crippen molar-refractivity contribution in [3.8, 4) is 0 Å². The Balaban J connectivity index is 2.08. The van der Waals surface area contributed by atoms with Crippen LogP contribution in [0.25, 0.3) is 0 Å². The molecule has 1 saturated heterocycles. The van der Waals surface area contributed by atoms with Crippen LogP contribution in [0, 0.1) is 5.41 Å². The number of piperidine rings is 1. The Morgan fingerprint density at radius 1 is 1.78 bits per heavy atom. The highest BCUT2D eigenvalue weighted by molar-refractivity contribution is 5.12. The lowest BCUT2D eigenvalue weighted by Gasteiger charge is -2.06. The van der Waals surface area contributed by atoms with E-state index in [4.69, 9.17) is 5.11 Å². The van der Waals surface area contributed by atoms with Crippen molar-refractivity contribution >= 4 is 0 Å². The van der Waals surface area contributed by atoms with E-state index in [1.807, 2.05) is 0 Å². The molecule has 0 aromatic heterocycles. The average Bonchev–Trinajstić information content (AvgIpc) is 2.53. The molecule has 1 saturated carbocycles. The van der Waals surface area contributed by atoms with E-state index in [-0.39, 0.29) is 0 Å². The first kappa shape index (κ1) is 5.69. The number of nitrogens with zero attached hydrogens (tertiary/aromatic N) is 1. The molecule has 1 heterocycles. The van der Waals surface area contributed by atoms with Gasteiger partial charge in [-0.25, -0.2) is 0 Å². The lowest BCUT2D eigenvalue weighted by atomic mass is 10.1. The van der Waals surface area contributed by atoms with Crippen LogP contribution in [0.3, 0.4) is 0 Å². The van der Waals surface area contributed by atoms with Gasteiger partial charge in [-0.3, -0.25) is 0 Å². The molecule has 2 rings (SSSR count). The fourth-order valence-corrected chi connectivity index (χ4v) is 2.02. The SMILES string of the molecule is CN1CCC2(CO)CC12. The fraction of sp³-hybridized carbons (Fsp3) is 1.00. The number of hydrogen-bond acceptors (Lipinski definition) is 2. The zero-order valence-corrected chi connectivity index (χ0v) is 5.80. The predicted molar refractivity (Wildman–Crippen MR) is 35.2 cm³/mol. The maximum Gasteiger partial charge on any atom is 0.0503 e. The van der Waals surface area contributed by atoms with E-state index in [0.717, 1.165) is 6.04 Å². The highest BCUT2D eigenvalue weighted by Crippen LogP contribution is 2.55. The Labute approximate surface area is 55.5 Å². The van der Waals surface area contributed by atoms with Crippen molar-refractivity contribution in [3.05, 3.63) is 0 Å². The van der Waals surface area contributed by atoms with Crippen LogP contribution in [0.15, 0.2) is 0 Å². The first-order valence-corrected chi connectivity index (χ1v) is 3.60. The summed E-state index contributed by atoms with van der Waals surface area (Å²) in [6.07, 6.45) is 2.45. The summed E-state index contributed by atoms with van der Waals surface area (Å²) >= 11 is 0. The van der Waals surface area contributed by atoms with Gasteiger partial charge in [0.1, 0.15) is 0 Å². The minimum Gasteiger partial charge on any atom is -0.396 e. The summed E-state index contributed by atoms with van der Waals surface area (Å²) in [4.78, 5) is 2.36. The number of aliphatic hydroxyl groups is 1. The van der Waals surface area contributed by atoms with Crippen molar-refractivity contribution in [3.63, 3.8) is 0 Å². The van der Waals surface area contributed by atoms with Crippen LogP contribution in [0.4, 0.5) is 0 Å². The molecule has 2 nitrogen and oxygen atoms in total. The molecule has 2 heteroatoms. The minimum absolute atomic E-state index is 0.356. The molecule has 0 aromatic rings. The van der Waals surface area contributed by atoms with E-state index in [0.29, 0.717) is 12.0 Å². The second-order valence-corrected chi connectivity index (χ2v) is 3.47. The third-order valence-corrected chi connectivity index (χ3v) is 2.96. The largest absolute Gasteiger partial charge is 0.396 e. The lowest BCUT2D eigenvalue weighted by Crippen LogP contribution is -2.16. The Morgan fingerprint density at radius 3 is 2.78 bits per heavy atom. The van der Waals surface area contributed by atoms with Crippen LogP contribution in [-0.4, -0.2) is 36.2 Å². The summed E-state index contributed by atoms with van der Waals surface area (Å²) in [7, 11) is 2.15. The number of hydrogen-bond donors (Lipinski definition) is 1. The maximum absolute atomic E-state index is 8.96. The normalized spacial score (nSPS) is 49.3. The highest BCUT2D eigenvalue weighted by atomic mass is 16.3. The smallest absolute Gasteiger partial charge is 0.0503 e. The molecule has 2 atom stereocenters. The van der Waals surface area contributed by atoms with Crippen molar-refractivity contribution in [2.24, 2.45) is 5.41 Å². The van der Waals surface area contributed by atoms with E-state index < -0.39 is 0 Å². The third-order valence-electron chi connectivity index (χ3n) is 2.96. The van der Waals surface area contributed by atoms with Gasteiger partial charge in [0.15, 0.2) is 0 Å². The van der Waals surface area contributed by atoms with E-state index in [2.05, 4.69) is 11.9 Å². The van der Waals surface area contributed by atoms with E-state index in [9.17, 15) is 0 Å². The molecule has 0 aromatic carbocycles. The monoisotopic (exact) mass is 127 g/mol. The summed E-state index contributed by atoms with van der Waals surface area (Å²) < 4.78 is 0. The van der Waals surface area contributed by atoms with Gasteiger partial charge in [-0.1, -0.05) is 0 Å². The molecule has 1 aliphatic carbocycles. The van der Waals surface area contributed by atoms with Crippen LogP contribution in [0.1, 0.15) is 12.8 Å². The van der Waals surface area contributed by atoms with Crippen molar-refractivity contribution < 1.29 is 5.11 Å². The van der Waals surface area contributed by atoms with Gasteiger partial charge in [0, 0.05) is 11.5 Å². The van der Waals surface area contributed by atoms with Crippen LogP contribution < -0.4 is 0 Å². The molecule has 9 heavy (non-hydrogen) atoms. The lowest BCUT2D eigenvalue weighted by molar-refractivity contribution is 0.210. The minimum atomic E-state index is 0.356. The number of likely N-dealkylation sites (tertiary alicyclic amines) is 1. The number of fused-ring (bicyclic) bond motifs is 1. The first-order valence-electron chi connectivity index (χ1n) is 3.60. The van der Waals surface area contributed by atoms with E-state index in [1.54, 1.807) is 0 Å². The molecular weight excluding hydrogens is 114 g/mol. The number of rotatable bonds is 1. The molecular formula is C7H13NO. The quantitative estimate of drug-likeness (QED) is 0.539. The second kappa shape index (κ2) is 1.50. The molecule has 0 spiro atoms. The van der Waals surface area contributed by atoms with Crippen LogP contribution in [0.2, 0.25) is 0 Å². The Hall–Kier alpha value is -0.0800. The van der Waals surface area contributed by atoms with Gasteiger partial charge < -0.3 is 10.0 Å². The van der Waals surface area contributed by atoms with Crippen molar-refractivity contribution in [1.29, 1.82) is 0 Å². The van der Waals surface area contributed by atoms with Crippen LogP contribution in [-0.2, 0) is 0 Å². The van der Waals surface area contributed by atoms with Crippen molar-refractivity contribution in [2.75, 3.05) is 20.2 Å². The standard InChI is InChI=1S/C7H13NO/c1-8-3-2-7(5-9)4-6(7)8/h6,9H,2-5H2,1H3. The molecule has 2 aliphatic rings. The van der Waals surface area contributed by atoms with E-state index in [1.165, 1.54) is 19.4 Å². The molecule has 1 N–H and O–H groups in total. The third kappa shape index (κ3) is 0.578. The Morgan fingerprint density at radius 2 is 2.56 bits per heavy atom. The summed E-state index contributed by atoms with van der Waals surface area (Å²) in [6.45, 7) is 1.59. The number of aliphatic hydroxyl groups excluding tert-OH is 1. The molecule has 0 radical (unpaired) electrons. The zero-order chi connectivity index (χ0) is 6.48. The summed E-state index contributed by atoms with van der Waals surface area (Å²) in [5.41, 5.74) is 0.356. The van der Waals surface area contributed by atoms with Crippen molar-refractivity contribution in [1.82, 2.24) is 4.90 Å². The molecule has 52 valence electrons. The molecule has 2 unspecified atom stereocenters.